The van der Waals surface area contributed by atoms with Crippen molar-refractivity contribution in [3.63, 3.8) is 0 Å². The van der Waals surface area contributed by atoms with E-state index in [0.717, 1.165) is 86.5 Å². The molecule has 66 heavy (non-hydrogen) atoms. The van der Waals surface area contributed by atoms with E-state index in [9.17, 15) is 30.0 Å². The number of carbonyl (C=O) groups excluding carboxylic acids is 2. The molecule has 8 heteroatoms. The molecular weight excluding hydrogens is 825 g/mol. The van der Waals surface area contributed by atoms with Crippen LogP contribution in [0.25, 0.3) is 0 Å². The standard InChI is InChI=1S/C31H46O5.C27H42O3/c1-20(10-8-16-30(5,6)34)27-14-15-28-24(11-9-17-31(27,28)7)12-13-25-18-26(35-22(3)32)19-29(21(25)2)36-23(4)33;1-18(8-6-14-26(3,4)30)23-12-13-24-20(9-7-15-27(23,24)5)10-11-21-16-22(28)17-25(29)19(21)2/h12-14,20,26,28-29,34H,2,8-11,15-19H2,1,3-7H3;10-12,18,22,24-25,28-30H,2,6-9,13-17H2,1,3-5H3/b24-12+,25-13-;20-10+,21-11-/t20?,26?,28?,29-,31+;18?,22?,24?,25-,27+/m00/s1. The third kappa shape index (κ3) is 13.9. The van der Waals surface area contributed by atoms with E-state index in [2.05, 4.69) is 77.3 Å². The number of esters is 2. The zero-order valence-electron chi connectivity index (χ0n) is 42.6. The molecule has 4 saturated carbocycles. The molecule has 6 aliphatic carbocycles. The lowest BCUT2D eigenvalue weighted by Gasteiger charge is -2.42. The van der Waals surface area contributed by atoms with Gasteiger partial charge in [-0.2, -0.15) is 0 Å². The average molecular weight is 913 g/mol. The van der Waals surface area contributed by atoms with Crippen LogP contribution < -0.4 is 0 Å². The lowest BCUT2D eigenvalue weighted by Crippen LogP contribution is -2.33. The third-order valence-corrected chi connectivity index (χ3v) is 16.3. The normalized spacial score (nSPS) is 33.7. The van der Waals surface area contributed by atoms with E-state index >= 15 is 0 Å². The fraction of sp³-hybridized carbons (Fsp3) is 0.690. The number of aliphatic hydroxyl groups is 4. The number of aliphatic hydroxyl groups excluding tert-OH is 2. The van der Waals surface area contributed by atoms with Crippen LogP contribution >= 0.6 is 0 Å². The van der Waals surface area contributed by atoms with Crippen LogP contribution in [-0.4, -0.2) is 68.0 Å². The minimum Gasteiger partial charge on any atom is -0.462 e. The van der Waals surface area contributed by atoms with Crippen LogP contribution in [0.5, 0.6) is 0 Å². The van der Waals surface area contributed by atoms with Crippen LogP contribution in [0.3, 0.4) is 0 Å². The van der Waals surface area contributed by atoms with Crippen LogP contribution in [0.2, 0.25) is 0 Å². The van der Waals surface area contributed by atoms with E-state index in [4.69, 9.17) is 9.47 Å². The molecule has 0 bridgehead atoms. The van der Waals surface area contributed by atoms with Crippen molar-refractivity contribution >= 4 is 11.9 Å². The summed E-state index contributed by atoms with van der Waals surface area (Å²) < 4.78 is 11.0. The van der Waals surface area contributed by atoms with Crippen molar-refractivity contribution in [2.24, 2.45) is 34.5 Å². The Kier molecular flexibility index (Phi) is 18.2. The summed E-state index contributed by atoms with van der Waals surface area (Å²) in [6.07, 6.45) is 29.2. The summed E-state index contributed by atoms with van der Waals surface area (Å²) in [6, 6.07) is 0. The predicted octanol–water partition coefficient (Wildman–Crippen LogP) is 12.4. The van der Waals surface area contributed by atoms with E-state index < -0.39 is 29.5 Å². The number of hydrogen-bond acceptors (Lipinski definition) is 8. The Morgan fingerprint density at radius 3 is 1.62 bits per heavy atom. The van der Waals surface area contributed by atoms with Crippen LogP contribution in [-0.2, 0) is 19.1 Å². The SMILES string of the molecule is C=C1/C(=C\C=C2/CCC[C@]3(C)C(C(C)CCCC(C)(C)O)=CCC23)CC(O)C[C@@H]1O.C=C1/C(=C\C=C2/CCC[C@]3(C)C(C(C)CCCC(C)(C)O)=CCC23)CC(OC(C)=O)C[C@@H]1OC(C)=O. The number of hydrogen-bond donors (Lipinski definition) is 4. The topological polar surface area (TPSA) is 134 Å². The van der Waals surface area contributed by atoms with Crippen molar-refractivity contribution in [3.05, 3.63) is 94.2 Å². The molecule has 0 aromatic carbocycles. The summed E-state index contributed by atoms with van der Waals surface area (Å²) in [4.78, 5) is 23.2. The maximum absolute atomic E-state index is 11.6. The molecule has 0 heterocycles. The summed E-state index contributed by atoms with van der Waals surface area (Å²) >= 11 is 0. The first kappa shape index (κ1) is 53.7. The largest absolute Gasteiger partial charge is 0.462 e. The van der Waals surface area contributed by atoms with Gasteiger partial charge in [0.25, 0.3) is 0 Å². The number of ether oxygens (including phenoxy) is 2. The number of allylic oxidation sites excluding steroid dienone is 10. The van der Waals surface area contributed by atoms with Gasteiger partial charge in [0, 0.05) is 33.1 Å². The molecule has 0 amide bonds. The summed E-state index contributed by atoms with van der Waals surface area (Å²) in [7, 11) is 0. The smallest absolute Gasteiger partial charge is 0.303 e. The predicted molar refractivity (Wildman–Crippen MR) is 267 cm³/mol. The van der Waals surface area contributed by atoms with Gasteiger partial charge in [0.15, 0.2) is 0 Å². The highest BCUT2D eigenvalue weighted by atomic mass is 16.6. The van der Waals surface area contributed by atoms with Crippen LogP contribution in [0.1, 0.15) is 185 Å². The highest BCUT2D eigenvalue weighted by Gasteiger charge is 2.47. The molecule has 368 valence electrons. The molecular formula is C58H88O8. The van der Waals surface area contributed by atoms with Gasteiger partial charge in [0.1, 0.15) is 12.2 Å². The fourth-order valence-electron chi connectivity index (χ4n) is 12.8. The molecule has 10 atom stereocenters. The molecule has 6 aliphatic rings. The number of fused-ring (bicyclic) bond motifs is 2. The number of carbonyl (C=O) groups is 2. The second kappa shape index (κ2) is 22.4. The van der Waals surface area contributed by atoms with Crippen molar-refractivity contribution in [2.75, 3.05) is 0 Å². The molecule has 0 radical (unpaired) electrons. The molecule has 6 rings (SSSR count). The van der Waals surface area contributed by atoms with E-state index in [1.54, 1.807) is 11.1 Å². The monoisotopic (exact) mass is 913 g/mol. The van der Waals surface area contributed by atoms with Gasteiger partial charge in [-0.1, -0.05) is 112 Å². The quantitative estimate of drug-likeness (QED) is 0.100. The third-order valence-electron chi connectivity index (χ3n) is 16.3. The molecule has 0 aromatic rings. The van der Waals surface area contributed by atoms with E-state index in [1.165, 1.54) is 50.7 Å². The molecule has 0 spiro atoms. The Bertz CT molecular complexity index is 1960. The van der Waals surface area contributed by atoms with Crippen molar-refractivity contribution in [1.29, 1.82) is 0 Å². The lowest BCUT2D eigenvalue weighted by molar-refractivity contribution is -0.152. The first-order valence-corrected chi connectivity index (χ1v) is 25.5. The second-order valence-electron chi connectivity index (χ2n) is 22.9. The lowest BCUT2D eigenvalue weighted by atomic mass is 9.62. The van der Waals surface area contributed by atoms with E-state index in [-0.39, 0.29) is 28.9 Å². The minimum atomic E-state index is -0.625. The maximum atomic E-state index is 11.6. The van der Waals surface area contributed by atoms with Gasteiger partial charge >= 0.3 is 11.9 Å². The second-order valence-corrected chi connectivity index (χ2v) is 22.9. The molecule has 0 saturated heterocycles. The van der Waals surface area contributed by atoms with Gasteiger partial charge in [-0.3, -0.25) is 9.59 Å². The van der Waals surface area contributed by atoms with E-state index in [1.807, 2.05) is 27.7 Å². The van der Waals surface area contributed by atoms with Crippen molar-refractivity contribution in [3.8, 4) is 0 Å². The number of rotatable bonds is 14. The molecule has 0 aromatic heterocycles. The average Bonchev–Trinajstić information content (AvgIpc) is 3.75. The van der Waals surface area contributed by atoms with Crippen molar-refractivity contribution in [1.82, 2.24) is 0 Å². The van der Waals surface area contributed by atoms with Gasteiger partial charge in [-0.05, 0) is 168 Å². The summed E-state index contributed by atoms with van der Waals surface area (Å²) in [5, 5.41) is 40.3. The summed E-state index contributed by atoms with van der Waals surface area (Å²) in [6.45, 7) is 28.3. The fourth-order valence-corrected chi connectivity index (χ4v) is 12.8. The van der Waals surface area contributed by atoms with Crippen molar-refractivity contribution < 1.29 is 39.5 Å². The highest BCUT2D eigenvalue weighted by molar-refractivity contribution is 5.67. The molecule has 8 nitrogen and oxygen atoms in total. The Balaban J connectivity index is 0.000000251. The molecule has 4 N–H and O–H groups in total. The Morgan fingerprint density at radius 2 is 1.18 bits per heavy atom. The van der Waals surface area contributed by atoms with Crippen molar-refractivity contribution in [2.45, 2.75) is 220 Å². The van der Waals surface area contributed by atoms with Crippen LogP contribution in [0.15, 0.2) is 94.2 Å². The Labute approximate surface area is 399 Å². The zero-order chi connectivity index (χ0) is 48.8. The summed E-state index contributed by atoms with van der Waals surface area (Å²) in [5.41, 5.74) is 8.98. The van der Waals surface area contributed by atoms with Gasteiger partial charge in [-0.25, -0.2) is 0 Å². The first-order chi connectivity index (χ1) is 30.8. The van der Waals surface area contributed by atoms with Crippen LogP contribution in [0.4, 0.5) is 0 Å². The zero-order valence-corrected chi connectivity index (χ0v) is 42.6. The Hall–Kier alpha value is -3.30. The summed E-state index contributed by atoms with van der Waals surface area (Å²) in [5.74, 6) is 1.46. The molecule has 4 fully saturated rings. The minimum absolute atomic E-state index is 0.181. The first-order valence-electron chi connectivity index (χ1n) is 25.5. The highest BCUT2D eigenvalue weighted by Crippen LogP contribution is 2.58. The van der Waals surface area contributed by atoms with E-state index in [0.29, 0.717) is 49.4 Å². The van der Waals surface area contributed by atoms with Gasteiger partial charge < -0.3 is 29.9 Å². The molecule has 0 aliphatic heterocycles. The Morgan fingerprint density at radius 1 is 0.727 bits per heavy atom. The van der Waals surface area contributed by atoms with Gasteiger partial charge in [0.2, 0.25) is 0 Å². The van der Waals surface area contributed by atoms with Crippen LogP contribution in [0, 0.1) is 34.5 Å². The van der Waals surface area contributed by atoms with Gasteiger partial charge in [-0.15, -0.1) is 0 Å². The maximum Gasteiger partial charge on any atom is 0.303 e. The van der Waals surface area contributed by atoms with Gasteiger partial charge in [0.05, 0.1) is 23.4 Å². The molecule has 6 unspecified atom stereocenters.